The van der Waals surface area contributed by atoms with Gasteiger partial charge in [0.2, 0.25) is 5.91 Å². The summed E-state index contributed by atoms with van der Waals surface area (Å²) in [5.41, 5.74) is 1.09. The van der Waals surface area contributed by atoms with Crippen LogP contribution in [0.1, 0.15) is 30.9 Å². The Kier molecular flexibility index (Phi) is 11.0. The lowest BCUT2D eigenvalue weighted by molar-refractivity contribution is -0.121. The molecule has 1 aromatic carbocycles. The molecule has 0 saturated carbocycles. The number of hydrogen-bond acceptors (Lipinski definition) is 4. The van der Waals surface area contributed by atoms with E-state index in [-0.39, 0.29) is 41.7 Å². The van der Waals surface area contributed by atoms with Crippen molar-refractivity contribution in [2.45, 2.75) is 25.3 Å². The zero-order valence-corrected chi connectivity index (χ0v) is 20.8. The van der Waals surface area contributed by atoms with Gasteiger partial charge < -0.3 is 20.3 Å². The zero-order valence-electron chi connectivity index (χ0n) is 18.5. The number of guanidine groups is 1. The van der Waals surface area contributed by atoms with Gasteiger partial charge in [-0.25, -0.2) is 4.39 Å². The third-order valence-corrected chi connectivity index (χ3v) is 6.07. The Balaban J connectivity index is 0.00000341. The molecule has 0 aliphatic carbocycles. The number of morpholine rings is 1. The van der Waals surface area contributed by atoms with Crippen molar-refractivity contribution in [1.82, 2.24) is 20.4 Å². The minimum absolute atomic E-state index is 0. The number of carbonyl (C=O) groups is 1. The number of benzene rings is 1. The van der Waals surface area contributed by atoms with Gasteiger partial charge in [-0.1, -0.05) is 12.1 Å². The Morgan fingerprint density at radius 3 is 2.42 bits per heavy atom. The molecule has 2 aliphatic heterocycles. The van der Waals surface area contributed by atoms with Crippen LogP contribution in [-0.4, -0.2) is 81.7 Å². The molecular formula is C22H35FIN5O2. The van der Waals surface area contributed by atoms with Crippen molar-refractivity contribution in [3.63, 3.8) is 0 Å². The van der Waals surface area contributed by atoms with E-state index in [0.717, 1.165) is 50.5 Å². The molecule has 2 fully saturated rings. The summed E-state index contributed by atoms with van der Waals surface area (Å²) in [6, 6.07) is 6.90. The van der Waals surface area contributed by atoms with Crippen LogP contribution in [0.2, 0.25) is 0 Å². The van der Waals surface area contributed by atoms with Gasteiger partial charge in [0.1, 0.15) is 5.82 Å². The third kappa shape index (κ3) is 7.57. The van der Waals surface area contributed by atoms with E-state index in [1.54, 1.807) is 14.1 Å². The van der Waals surface area contributed by atoms with Crippen molar-refractivity contribution in [1.29, 1.82) is 0 Å². The maximum Gasteiger partial charge on any atom is 0.220 e. The summed E-state index contributed by atoms with van der Waals surface area (Å²) in [7, 11) is 3.50. The topological polar surface area (TPSA) is 69.2 Å². The van der Waals surface area contributed by atoms with E-state index in [1.807, 2.05) is 12.1 Å². The predicted molar refractivity (Wildman–Crippen MR) is 131 cm³/mol. The highest BCUT2D eigenvalue weighted by molar-refractivity contribution is 14.0. The SMILES string of the molecule is CN=C(NCC(c1ccc(F)cc1)N1CCOCC1)N1CCC(CC(=O)NC)CC1.I. The number of carbonyl (C=O) groups excluding carboxylic acids is 1. The average Bonchev–Trinajstić information content (AvgIpc) is 2.79. The monoisotopic (exact) mass is 547 g/mol. The molecule has 3 rings (SSSR count). The summed E-state index contributed by atoms with van der Waals surface area (Å²) in [6.07, 6.45) is 2.57. The van der Waals surface area contributed by atoms with Crippen molar-refractivity contribution in [3.05, 3.63) is 35.6 Å². The normalized spacial score (nSPS) is 19.5. The quantitative estimate of drug-likeness (QED) is 0.325. The highest BCUT2D eigenvalue weighted by Gasteiger charge is 2.26. The van der Waals surface area contributed by atoms with E-state index in [1.165, 1.54) is 12.1 Å². The van der Waals surface area contributed by atoms with Crippen LogP contribution < -0.4 is 10.6 Å². The van der Waals surface area contributed by atoms with Gasteiger partial charge in [-0.3, -0.25) is 14.7 Å². The molecule has 2 aliphatic rings. The van der Waals surface area contributed by atoms with E-state index in [0.29, 0.717) is 32.1 Å². The van der Waals surface area contributed by atoms with Gasteiger partial charge in [-0.15, -0.1) is 24.0 Å². The summed E-state index contributed by atoms with van der Waals surface area (Å²) in [5, 5.41) is 6.25. The smallest absolute Gasteiger partial charge is 0.220 e. The van der Waals surface area contributed by atoms with Gasteiger partial charge in [0, 0.05) is 53.2 Å². The molecule has 7 nitrogen and oxygen atoms in total. The molecular weight excluding hydrogens is 512 g/mol. The van der Waals surface area contributed by atoms with Gasteiger partial charge in [-0.05, 0) is 36.5 Å². The van der Waals surface area contributed by atoms with Gasteiger partial charge >= 0.3 is 0 Å². The van der Waals surface area contributed by atoms with Crippen molar-refractivity contribution >= 4 is 35.8 Å². The van der Waals surface area contributed by atoms with E-state index in [2.05, 4.69) is 25.4 Å². The minimum Gasteiger partial charge on any atom is -0.379 e. The molecule has 31 heavy (non-hydrogen) atoms. The molecule has 0 aromatic heterocycles. The summed E-state index contributed by atoms with van der Waals surface area (Å²) in [6.45, 7) is 5.60. The van der Waals surface area contributed by atoms with Crippen molar-refractivity contribution in [2.75, 3.05) is 60.0 Å². The standard InChI is InChI=1S/C22H34FN5O2.HI/c1-24-21(29)15-17-7-9-28(10-8-17)22(25-2)26-16-20(27-11-13-30-14-12-27)18-3-5-19(23)6-4-18;/h3-6,17,20H,7-16H2,1-2H3,(H,24,29)(H,25,26);1H. The number of halogens is 2. The lowest BCUT2D eigenvalue weighted by Gasteiger charge is -2.37. The van der Waals surface area contributed by atoms with Crippen LogP contribution in [0.5, 0.6) is 0 Å². The first kappa shape index (κ1) is 25.8. The number of amides is 1. The summed E-state index contributed by atoms with van der Waals surface area (Å²) < 4.78 is 18.9. The molecule has 2 heterocycles. The fraction of sp³-hybridized carbons (Fsp3) is 0.636. The first-order chi connectivity index (χ1) is 14.6. The lowest BCUT2D eigenvalue weighted by atomic mass is 9.93. The first-order valence-electron chi connectivity index (χ1n) is 10.8. The molecule has 174 valence electrons. The summed E-state index contributed by atoms with van der Waals surface area (Å²) in [4.78, 5) is 20.8. The largest absolute Gasteiger partial charge is 0.379 e. The van der Waals surface area contributed by atoms with E-state index < -0.39 is 0 Å². The number of nitrogens with one attached hydrogen (secondary N) is 2. The number of likely N-dealkylation sites (tertiary alicyclic amines) is 1. The van der Waals surface area contributed by atoms with Crippen LogP contribution in [-0.2, 0) is 9.53 Å². The molecule has 9 heteroatoms. The van der Waals surface area contributed by atoms with Crippen LogP contribution in [0.3, 0.4) is 0 Å². The second-order valence-corrected chi connectivity index (χ2v) is 7.95. The van der Waals surface area contributed by atoms with Crippen LogP contribution in [0.25, 0.3) is 0 Å². The molecule has 1 amide bonds. The number of nitrogens with zero attached hydrogens (tertiary/aromatic N) is 3. The Labute approximate surface area is 201 Å². The number of piperidine rings is 1. The van der Waals surface area contributed by atoms with Crippen molar-refractivity contribution < 1.29 is 13.9 Å². The van der Waals surface area contributed by atoms with Gasteiger partial charge in [-0.2, -0.15) is 0 Å². The van der Waals surface area contributed by atoms with Crippen LogP contribution in [0, 0.1) is 11.7 Å². The molecule has 1 unspecified atom stereocenters. The first-order valence-corrected chi connectivity index (χ1v) is 10.8. The molecule has 1 atom stereocenters. The number of rotatable bonds is 6. The third-order valence-electron chi connectivity index (χ3n) is 6.07. The highest BCUT2D eigenvalue weighted by Crippen LogP contribution is 2.23. The van der Waals surface area contributed by atoms with Crippen LogP contribution in [0.15, 0.2) is 29.3 Å². The molecule has 1 aromatic rings. The Morgan fingerprint density at radius 2 is 1.84 bits per heavy atom. The highest BCUT2D eigenvalue weighted by atomic mass is 127. The maximum atomic E-state index is 13.4. The van der Waals surface area contributed by atoms with E-state index in [4.69, 9.17) is 4.74 Å². The average molecular weight is 547 g/mol. The van der Waals surface area contributed by atoms with Crippen molar-refractivity contribution in [3.8, 4) is 0 Å². The molecule has 2 N–H and O–H groups in total. The number of aliphatic imine (C=N–C) groups is 1. The summed E-state index contributed by atoms with van der Waals surface area (Å²) in [5.74, 6) is 1.21. The molecule has 0 radical (unpaired) electrons. The van der Waals surface area contributed by atoms with E-state index in [9.17, 15) is 9.18 Å². The number of hydrogen-bond donors (Lipinski definition) is 2. The Hall–Kier alpha value is -1.46. The van der Waals surface area contributed by atoms with Crippen molar-refractivity contribution in [2.24, 2.45) is 10.9 Å². The Morgan fingerprint density at radius 1 is 1.19 bits per heavy atom. The lowest BCUT2D eigenvalue weighted by Crippen LogP contribution is -2.49. The van der Waals surface area contributed by atoms with Crippen LogP contribution in [0.4, 0.5) is 4.39 Å². The molecule has 0 spiro atoms. The maximum absolute atomic E-state index is 13.4. The van der Waals surface area contributed by atoms with Gasteiger partial charge in [0.05, 0.1) is 19.3 Å². The zero-order chi connectivity index (χ0) is 21.3. The van der Waals surface area contributed by atoms with Gasteiger partial charge in [0.25, 0.3) is 0 Å². The summed E-state index contributed by atoms with van der Waals surface area (Å²) >= 11 is 0. The fourth-order valence-corrected chi connectivity index (χ4v) is 4.27. The second kappa shape index (κ2) is 13.2. The predicted octanol–water partition coefficient (Wildman–Crippen LogP) is 2.24. The second-order valence-electron chi connectivity index (χ2n) is 7.95. The number of ether oxygens (including phenoxy) is 1. The fourth-order valence-electron chi connectivity index (χ4n) is 4.27. The Bertz CT molecular complexity index is 704. The van der Waals surface area contributed by atoms with E-state index >= 15 is 0 Å². The van der Waals surface area contributed by atoms with Gasteiger partial charge in [0.15, 0.2) is 5.96 Å². The van der Waals surface area contributed by atoms with Crippen LogP contribution >= 0.6 is 24.0 Å². The molecule has 0 bridgehead atoms. The minimum atomic E-state index is -0.220. The molecule has 2 saturated heterocycles.